The third kappa shape index (κ3) is 3.59. The van der Waals surface area contributed by atoms with Gasteiger partial charge in [-0.25, -0.2) is 4.98 Å². The highest BCUT2D eigenvalue weighted by Gasteiger charge is 2.04. The Morgan fingerprint density at radius 3 is 2.92 bits per heavy atom. The molecule has 2 N–H and O–H groups in total. The van der Waals surface area contributed by atoms with E-state index in [0.29, 0.717) is 6.04 Å². The van der Waals surface area contributed by atoms with E-state index in [2.05, 4.69) is 29.1 Å². The average molecular weight is 181 g/mol. The summed E-state index contributed by atoms with van der Waals surface area (Å²) in [5.74, 6) is 1.02. The predicted octanol–water partition coefficient (Wildman–Crippen LogP) is 2.08. The van der Waals surface area contributed by atoms with Gasteiger partial charge in [0.15, 0.2) is 0 Å². The van der Waals surface area contributed by atoms with Gasteiger partial charge < -0.3 is 10.3 Å². The Balaban J connectivity index is 2.23. The van der Waals surface area contributed by atoms with E-state index in [4.69, 9.17) is 0 Å². The molecule has 0 saturated carbocycles. The molecule has 1 atom stereocenters. The first kappa shape index (κ1) is 10.3. The highest BCUT2D eigenvalue weighted by Crippen LogP contribution is 2.01. The summed E-state index contributed by atoms with van der Waals surface area (Å²) in [7, 11) is 0. The second-order valence-electron chi connectivity index (χ2n) is 3.31. The zero-order chi connectivity index (χ0) is 9.52. The van der Waals surface area contributed by atoms with E-state index in [0.717, 1.165) is 12.4 Å². The number of nitrogens with zero attached hydrogens (tertiary/aromatic N) is 1. The molecule has 0 radical (unpaired) electrons. The maximum atomic E-state index is 4.16. The first-order chi connectivity index (χ1) is 6.36. The molecule has 3 heteroatoms. The van der Waals surface area contributed by atoms with Gasteiger partial charge in [-0.05, 0) is 12.8 Å². The minimum Gasteiger partial charge on any atom is -0.348 e. The number of hydrogen-bond acceptors (Lipinski definition) is 2. The summed E-state index contributed by atoms with van der Waals surface area (Å²) >= 11 is 0. The predicted molar refractivity (Wildman–Crippen MR) is 54.4 cm³/mol. The van der Waals surface area contributed by atoms with Crippen LogP contribution in [-0.2, 0) is 6.54 Å². The molecule has 74 valence electrons. The van der Waals surface area contributed by atoms with E-state index < -0.39 is 0 Å². The van der Waals surface area contributed by atoms with Crippen LogP contribution in [0.3, 0.4) is 0 Å². The maximum absolute atomic E-state index is 4.16. The van der Waals surface area contributed by atoms with Crippen LogP contribution in [0, 0.1) is 0 Å². The molecule has 0 aliphatic carbocycles. The number of aromatic nitrogens is 2. The van der Waals surface area contributed by atoms with Crippen molar-refractivity contribution in [2.45, 2.75) is 45.7 Å². The third-order valence-electron chi connectivity index (χ3n) is 2.24. The lowest BCUT2D eigenvalue weighted by Gasteiger charge is -2.14. The normalized spacial score (nSPS) is 13.1. The first-order valence-corrected chi connectivity index (χ1v) is 5.08. The van der Waals surface area contributed by atoms with Gasteiger partial charge in [0.2, 0.25) is 0 Å². The van der Waals surface area contributed by atoms with Crippen LogP contribution in [0.2, 0.25) is 0 Å². The van der Waals surface area contributed by atoms with Crippen LogP contribution in [0.4, 0.5) is 0 Å². The quantitative estimate of drug-likeness (QED) is 0.705. The zero-order valence-electron chi connectivity index (χ0n) is 8.51. The lowest BCUT2D eigenvalue weighted by atomic mass is 10.1. The summed E-state index contributed by atoms with van der Waals surface area (Å²) < 4.78 is 0. The van der Waals surface area contributed by atoms with E-state index in [1.165, 1.54) is 19.3 Å². The molecule has 1 rings (SSSR count). The molecule has 1 unspecified atom stereocenters. The standard InChI is InChI=1S/C10H19N3/c1-3-5-9(4-2)13-8-10-11-6-7-12-10/h6-7,9,13H,3-5,8H2,1-2H3,(H,11,12). The molecule has 0 spiro atoms. The number of aromatic amines is 1. The fourth-order valence-electron chi connectivity index (χ4n) is 1.43. The molecule has 0 aromatic carbocycles. The first-order valence-electron chi connectivity index (χ1n) is 5.08. The van der Waals surface area contributed by atoms with Gasteiger partial charge in [0.05, 0.1) is 6.54 Å². The van der Waals surface area contributed by atoms with Gasteiger partial charge >= 0.3 is 0 Å². The van der Waals surface area contributed by atoms with E-state index >= 15 is 0 Å². The molecule has 1 aromatic heterocycles. The van der Waals surface area contributed by atoms with Gasteiger partial charge in [0.1, 0.15) is 5.82 Å². The topological polar surface area (TPSA) is 40.7 Å². The molecular formula is C10H19N3. The number of nitrogens with one attached hydrogen (secondary N) is 2. The van der Waals surface area contributed by atoms with Crippen LogP contribution in [-0.4, -0.2) is 16.0 Å². The average Bonchev–Trinajstić information content (AvgIpc) is 2.64. The SMILES string of the molecule is CCCC(CC)NCc1ncc[nH]1. The Hall–Kier alpha value is -0.830. The highest BCUT2D eigenvalue weighted by atomic mass is 15.0. The smallest absolute Gasteiger partial charge is 0.120 e. The Labute approximate surface area is 80.0 Å². The maximum Gasteiger partial charge on any atom is 0.120 e. The summed E-state index contributed by atoms with van der Waals surface area (Å²) in [5, 5.41) is 3.48. The number of imidazole rings is 1. The third-order valence-corrected chi connectivity index (χ3v) is 2.24. The molecular weight excluding hydrogens is 162 g/mol. The lowest BCUT2D eigenvalue weighted by molar-refractivity contribution is 0.457. The summed E-state index contributed by atoms with van der Waals surface area (Å²) in [6.45, 7) is 5.29. The van der Waals surface area contributed by atoms with E-state index in [9.17, 15) is 0 Å². The summed E-state index contributed by atoms with van der Waals surface area (Å²) in [5.41, 5.74) is 0. The van der Waals surface area contributed by atoms with Crippen molar-refractivity contribution < 1.29 is 0 Å². The monoisotopic (exact) mass is 181 g/mol. The number of rotatable bonds is 6. The molecule has 0 bridgehead atoms. The molecule has 0 aliphatic heterocycles. The molecule has 0 amide bonds. The Morgan fingerprint density at radius 2 is 2.38 bits per heavy atom. The number of H-pyrrole nitrogens is 1. The van der Waals surface area contributed by atoms with Crippen molar-refractivity contribution in [3.05, 3.63) is 18.2 Å². The fraction of sp³-hybridized carbons (Fsp3) is 0.700. The molecule has 3 nitrogen and oxygen atoms in total. The van der Waals surface area contributed by atoms with Crippen LogP contribution in [0.1, 0.15) is 38.9 Å². The van der Waals surface area contributed by atoms with Crippen molar-refractivity contribution in [2.24, 2.45) is 0 Å². The van der Waals surface area contributed by atoms with Crippen molar-refractivity contribution in [3.63, 3.8) is 0 Å². The minimum absolute atomic E-state index is 0.634. The van der Waals surface area contributed by atoms with Gasteiger partial charge in [-0.3, -0.25) is 0 Å². The van der Waals surface area contributed by atoms with E-state index in [-0.39, 0.29) is 0 Å². The van der Waals surface area contributed by atoms with E-state index in [1.807, 2.05) is 6.20 Å². The van der Waals surface area contributed by atoms with Crippen LogP contribution >= 0.6 is 0 Å². The lowest BCUT2D eigenvalue weighted by Crippen LogP contribution is -2.28. The zero-order valence-corrected chi connectivity index (χ0v) is 8.51. The molecule has 1 heterocycles. The van der Waals surface area contributed by atoms with Gasteiger partial charge in [0, 0.05) is 18.4 Å². The van der Waals surface area contributed by atoms with Crippen LogP contribution in [0.25, 0.3) is 0 Å². The summed E-state index contributed by atoms with van der Waals surface area (Å²) in [4.78, 5) is 7.25. The van der Waals surface area contributed by atoms with Crippen LogP contribution in [0.5, 0.6) is 0 Å². The van der Waals surface area contributed by atoms with E-state index in [1.54, 1.807) is 6.20 Å². The van der Waals surface area contributed by atoms with Crippen molar-refractivity contribution in [2.75, 3.05) is 0 Å². The molecule has 0 aliphatic rings. The van der Waals surface area contributed by atoms with Crippen molar-refractivity contribution in [3.8, 4) is 0 Å². The molecule has 0 fully saturated rings. The Bertz CT molecular complexity index is 206. The van der Waals surface area contributed by atoms with Crippen molar-refractivity contribution >= 4 is 0 Å². The molecule has 0 saturated heterocycles. The van der Waals surface area contributed by atoms with Gasteiger partial charge in [-0.2, -0.15) is 0 Å². The molecule has 1 aromatic rings. The Kier molecular flexibility index (Phi) is 4.54. The minimum atomic E-state index is 0.634. The van der Waals surface area contributed by atoms with Crippen molar-refractivity contribution in [1.82, 2.24) is 15.3 Å². The highest BCUT2D eigenvalue weighted by molar-refractivity contribution is 4.86. The van der Waals surface area contributed by atoms with Crippen LogP contribution < -0.4 is 5.32 Å². The largest absolute Gasteiger partial charge is 0.348 e. The number of hydrogen-bond donors (Lipinski definition) is 2. The van der Waals surface area contributed by atoms with Gasteiger partial charge in [0.25, 0.3) is 0 Å². The molecule has 13 heavy (non-hydrogen) atoms. The Morgan fingerprint density at radius 1 is 1.54 bits per heavy atom. The second kappa shape index (κ2) is 5.75. The second-order valence-corrected chi connectivity index (χ2v) is 3.31. The summed E-state index contributed by atoms with van der Waals surface area (Å²) in [6, 6.07) is 0.634. The van der Waals surface area contributed by atoms with Crippen LogP contribution in [0.15, 0.2) is 12.4 Å². The van der Waals surface area contributed by atoms with Gasteiger partial charge in [-0.15, -0.1) is 0 Å². The fourth-order valence-corrected chi connectivity index (χ4v) is 1.43. The summed E-state index contributed by atoms with van der Waals surface area (Å²) in [6.07, 6.45) is 7.32. The van der Waals surface area contributed by atoms with Gasteiger partial charge in [-0.1, -0.05) is 20.3 Å². The van der Waals surface area contributed by atoms with Crippen molar-refractivity contribution in [1.29, 1.82) is 0 Å².